The van der Waals surface area contributed by atoms with E-state index in [1.807, 2.05) is 25.1 Å². The van der Waals surface area contributed by atoms with Gasteiger partial charge in [-0.3, -0.25) is 4.79 Å². The van der Waals surface area contributed by atoms with Gasteiger partial charge in [-0.15, -0.1) is 12.4 Å². The highest BCUT2D eigenvalue weighted by Gasteiger charge is 2.30. The van der Waals surface area contributed by atoms with Crippen LogP contribution in [0.4, 0.5) is 5.69 Å². The van der Waals surface area contributed by atoms with Crippen molar-refractivity contribution in [2.45, 2.75) is 32.0 Å². The number of anilines is 1. The molecule has 1 aliphatic rings. The Bertz CT molecular complexity index is 468. The van der Waals surface area contributed by atoms with E-state index in [0.717, 1.165) is 12.0 Å². The zero-order valence-electron chi connectivity index (χ0n) is 11.7. The Labute approximate surface area is 125 Å². The molecule has 6 heteroatoms. The van der Waals surface area contributed by atoms with Crippen molar-refractivity contribution in [1.82, 2.24) is 0 Å². The minimum atomic E-state index is -0.418. The lowest BCUT2D eigenvalue weighted by molar-refractivity contribution is -0.126. The lowest BCUT2D eigenvalue weighted by atomic mass is 10.1. The summed E-state index contributed by atoms with van der Waals surface area (Å²) < 4.78 is 10.8. The van der Waals surface area contributed by atoms with Gasteiger partial charge in [0.2, 0.25) is 0 Å². The highest BCUT2D eigenvalue weighted by molar-refractivity contribution is 5.95. The second-order valence-electron chi connectivity index (χ2n) is 4.75. The van der Waals surface area contributed by atoms with Crippen LogP contribution in [0.1, 0.15) is 18.4 Å². The summed E-state index contributed by atoms with van der Waals surface area (Å²) in [5.74, 6) is 0.507. The van der Waals surface area contributed by atoms with Crippen LogP contribution in [0.25, 0.3) is 0 Å². The summed E-state index contributed by atoms with van der Waals surface area (Å²) in [5.41, 5.74) is 7.27. The first-order valence-corrected chi connectivity index (χ1v) is 6.45. The van der Waals surface area contributed by atoms with Gasteiger partial charge in [0.05, 0.1) is 18.9 Å². The molecule has 0 spiro atoms. The minimum Gasteiger partial charge on any atom is -0.495 e. The number of carbonyl (C=O) groups is 1. The predicted octanol–water partition coefficient (Wildman–Crippen LogP) is 1.87. The number of aryl methyl sites for hydroxylation is 1. The van der Waals surface area contributed by atoms with Crippen molar-refractivity contribution in [1.29, 1.82) is 0 Å². The van der Waals surface area contributed by atoms with E-state index in [1.165, 1.54) is 0 Å². The molecule has 0 aromatic heterocycles. The molecule has 20 heavy (non-hydrogen) atoms. The molecule has 1 fully saturated rings. The van der Waals surface area contributed by atoms with Crippen LogP contribution in [0, 0.1) is 6.92 Å². The number of methoxy groups -OCH3 is 1. The van der Waals surface area contributed by atoms with Gasteiger partial charge in [0.15, 0.2) is 0 Å². The molecular formula is C14H21ClN2O3. The molecule has 1 saturated heterocycles. The van der Waals surface area contributed by atoms with Gasteiger partial charge in [-0.1, -0.05) is 6.07 Å². The van der Waals surface area contributed by atoms with Crippen molar-refractivity contribution in [3.05, 3.63) is 23.8 Å². The number of halogens is 1. The largest absolute Gasteiger partial charge is 0.495 e. The van der Waals surface area contributed by atoms with E-state index in [9.17, 15) is 4.79 Å². The number of nitrogens with two attached hydrogens (primary N) is 1. The third kappa shape index (κ3) is 3.85. The molecule has 0 unspecified atom stereocenters. The maximum Gasteiger partial charge on any atom is 0.253 e. The van der Waals surface area contributed by atoms with Gasteiger partial charge in [-0.25, -0.2) is 0 Å². The number of ether oxygens (including phenoxy) is 2. The van der Waals surface area contributed by atoms with Crippen LogP contribution >= 0.6 is 12.4 Å². The van der Waals surface area contributed by atoms with Crippen molar-refractivity contribution in [3.63, 3.8) is 0 Å². The fourth-order valence-electron chi connectivity index (χ4n) is 2.20. The normalized spacial score (nSPS) is 21.1. The number of carbonyl (C=O) groups excluding carboxylic acids is 1. The summed E-state index contributed by atoms with van der Waals surface area (Å²) in [6.45, 7) is 2.42. The average Bonchev–Trinajstić information content (AvgIpc) is 2.88. The van der Waals surface area contributed by atoms with Crippen LogP contribution in [0.3, 0.4) is 0 Å². The first-order valence-electron chi connectivity index (χ1n) is 6.45. The lowest BCUT2D eigenvalue weighted by Gasteiger charge is -2.15. The van der Waals surface area contributed by atoms with Crippen LogP contribution in [0.15, 0.2) is 18.2 Å². The smallest absolute Gasteiger partial charge is 0.253 e. The Balaban J connectivity index is 0.00000200. The monoisotopic (exact) mass is 300 g/mol. The molecule has 3 N–H and O–H groups in total. The van der Waals surface area contributed by atoms with Crippen LogP contribution in [0.2, 0.25) is 0 Å². The van der Waals surface area contributed by atoms with E-state index in [0.29, 0.717) is 24.4 Å². The molecule has 1 aliphatic heterocycles. The van der Waals surface area contributed by atoms with E-state index >= 15 is 0 Å². The highest BCUT2D eigenvalue weighted by atomic mass is 35.5. The third-order valence-corrected chi connectivity index (χ3v) is 3.28. The molecular weight excluding hydrogens is 280 g/mol. The molecule has 2 atom stereocenters. The van der Waals surface area contributed by atoms with Gasteiger partial charge in [0.1, 0.15) is 11.9 Å². The number of hydrogen-bond donors (Lipinski definition) is 2. The molecule has 0 saturated carbocycles. The minimum absolute atomic E-state index is 0. The fourth-order valence-corrected chi connectivity index (χ4v) is 2.20. The molecule has 1 amide bonds. The van der Waals surface area contributed by atoms with Gasteiger partial charge in [0, 0.05) is 6.54 Å². The predicted molar refractivity (Wildman–Crippen MR) is 80.6 cm³/mol. The van der Waals surface area contributed by atoms with Crippen LogP contribution in [0.5, 0.6) is 5.75 Å². The van der Waals surface area contributed by atoms with Crippen molar-refractivity contribution < 1.29 is 14.3 Å². The van der Waals surface area contributed by atoms with Gasteiger partial charge < -0.3 is 20.5 Å². The lowest BCUT2D eigenvalue weighted by Crippen LogP contribution is -2.29. The van der Waals surface area contributed by atoms with Gasteiger partial charge in [-0.2, -0.15) is 0 Å². The molecule has 0 bridgehead atoms. The molecule has 112 valence electrons. The summed E-state index contributed by atoms with van der Waals surface area (Å²) in [6, 6.07) is 5.65. The van der Waals surface area contributed by atoms with E-state index in [1.54, 1.807) is 7.11 Å². The maximum absolute atomic E-state index is 12.1. The Morgan fingerprint density at radius 1 is 1.50 bits per heavy atom. The second kappa shape index (κ2) is 7.47. The van der Waals surface area contributed by atoms with E-state index in [4.69, 9.17) is 15.2 Å². The molecule has 0 radical (unpaired) electrons. The second-order valence-corrected chi connectivity index (χ2v) is 4.75. The van der Waals surface area contributed by atoms with Crippen molar-refractivity contribution in [2.75, 3.05) is 19.0 Å². The fraction of sp³-hybridized carbons (Fsp3) is 0.500. The summed E-state index contributed by atoms with van der Waals surface area (Å²) in [4.78, 5) is 12.1. The molecule has 0 aliphatic carbocycles. The number of hydrogen-bond acceptors (Lipinski definition) is 4. The average molecular weight is 301 g/mol. The summed E-state index contributed by atoms with van der Waals surface area (Å²) in [6.07, 6.45) is 1.12. The highest BCUT2D eigenvalue weighted by Crippen LogP contribution is 2.27. The van der Waals surface area contributed by atoms with Crippen molar-refractivity contribution >= 4 is 24.0 Å². The van der Waals surface area contributed by atoms with Crippen molar-refractivity contribution in [3.8, 4) is 5.75 Å². The quantitative estimate of drug-likeness (QED) is 0.890. The topological polar surface area (TPSA) is 73.6 Å². The molecule has 1 aromatic rings. The third-order valence-electron chi connectivity index (χ3n) is 3.28. The molecule has 1 aromatic carbocycles. The Morgan fingerprint density at radius 3 is 2.85 bits per heavy atom. The summed E-state index contributed by atoms with van der Waals surface area (Å²) in [5, 5.41) is 2.86. The number of benzene rings is 1. The molecule has 2 rings (SSSR count). The van der Waals surface area contributed by atoms with Gasteiger partial charge in [-0.05, 0) is 37.5 Å². The Kier molecular flexibility index (Phi) is 6.26. The SMILES string of the molecule is COc1ccc(C)cc1NC(=O)[C@@H]1CC[C@H](CN)O1.Cl. The number of nitrogens with one attached hydrogen (secondary N) is 1. The van der Waals surface area contributed by atoms with Crippen LogP contribution in [-0.2, 0) is 9.53 Å². The van der Waals surface area contributed by atoms with E-state index < -0.39 is 6.10 Å². The van der Waals surface area contributed by atoms with Crippen molar-refractivity contribution in [2.24, 2.45) is 5.73 Å². The van der Waals surface area contributed by atoms with Gasteiger partial charge in [0.25, 0.3) is 5.91 Å². The molecule has 5 nitrogen and oxygen atoms in total. The summed E-state index contributed by atoms with van der Waals surface area (Å²) >= 11 is 0. The molecule has 1 heterocycles. The zero-order chi connectivity index (χ0) is 13.8. The zero-order valence-corrected chi connectivity index (χ0v) is 12.5. The van der Waals surface area contributed by atoms with Crippen LogP contribution in [-0.4, -0.2) is 31.8 Å². The van der Waals surface area contributed by atoms with Crippen LogP contribution < -0.4 is 15.8 Å². The van der Waals surface area contributed by atoms with Gasteiger partial charge >= 0.3 is 0 Å². The summed E-state index contributed by atoms with van der Waals surface area (Å²) in [7, 11) is 1.58. The standard InChI is InChI=1S/C14H20N2O3.ClH/c1-9-3-5-12(18-2)11(7-9)16-14(17)13-6-4-10(8-15)19-13;/h3,5,7,10,13H,4,6,8,15H2,1-2H3,(H,16,17);1H/t10-,13+;/m1./s1. The number of amides is 1. The Hall–Kier alpha value is -1.30. The first-order chi connectivity index (χ1) is 9.13. The first kappa shape index (κ1) is 16.8. The number of rotatable bonds is 4. The van der Waals surface area contributed by atoms with E-state index in [-0.39, 0.29) is 24.4 Å². The maximum atomic E-state index is 12.1. The Morgan fingerprint density at radius 2 is 2.25 bits per heavy atom. The van der Waals surface area contributed by atoms with E-state index in [2.05, 4.69) is 5.32 Å².